The third-order valence-corrected chi connectivity index (χ3v) is 4.11. The number of benzene rings is 2. The topological polar surface area (TPSA) is 70.4 Å². The molecule has 0 aliphatic rings. The van der Waals surface area contributed by atoms with E-state index < -0.39 is 17.8 Å². The number of para-hydroxylation sites is 1. The summed E-state index contributed by atoms with van der Waals surface area (Å²) in [6.07, 6.45) is 0. The fourth-order valence-corrected chi connectivity index (χ4v) is 2.79. The van der Waals surface area contributed by atoms with Gasteiger partial charge in [0.2, 0.25) is 0 Å². The Labute approximate surface area is 155 Å². The Morgan fingerprint density at radius 1 is 1.00 bits per heavy atom. The summed E-state index contributed by atoms with van der Waals surface area (Å²) in [5.41, 5.74) is 1.59. The maximum Gasteiger partial charge on any atom is 0.357 e. The number of methoxy groups -OCH3 is 2. The maximum atomic E-state index is 13.9. The van der Waals surface area contributed by atoms with Crippen LogP contribution in [0.15, 0.2) is 48.5 Å². The van der Waals surface area contributed by atoms with E-state index in [0.717, 1.165) is 0 Å². The Bertz CT molecular complexity index is 1010. The maximum absolute atomic E-state index is 13.9. The molecule has 0 saturated heterocycles. The molecule has 0 saturated carbocycles. The molecular formula is C20H17FN2O4. The lowest BCUT2D eigenvalue weighted by atomic mass is 10.0. The molecule has 1 aromatic heterocycles. The highest BCUT2D eigenvalue weighted by Crippen LogP contribution is 2.31. The van der Waals surface area contributed by atoms with Crippen molar-refractivity contribution in [3.05, 3.63) is 71.2 Å². The second kappa shape index (κ2) is 7.41. The van der Waals surface area contributed by atoms with Gasteiger partial charge in [0.1, 0.15) is 17.1 Å². The lowest BCUT2D eigenvalue weighted by Gasteiger charge is -2.07. The molecule has 1 heterocycles. The lowest BCUT2D eigenvalue weighted by molar-refractivity contribution is 0.0549. The van der Waals surface area contributed by atoms with Crippen molar-refractivity contribution in [3.8, 4) is 16.9 Å². The number of ether oxygens (including phenoxy) is 2. The van der Waals surface area contributed by atoms with Crippen molar-refractivity contribution in [1.82, 2.24) is 9.78 Å². The van der Waals surface area contributed by atoms with E-state index >= 15 is 0 Å². The van der Waals surface area contributed by atoms with Gasteiger partial charge < -0.3 is 9.47 Å². The van der Waals surface area contributed by atoms with Crippen molar-refractivity contribution in [2.45, 2.75) is 6.92 Å². The average Bonchev–Trinajstić information content (AvgIpc) is 3.09. The summed E-state index contributed by atoms with van der Waals surface area (Å²) in [6, 6.07) is 12.9. The number of carbonyl (C=O) groups excluding carboxylic acids is 2. The van der Waals surface area contributed by atoms with E-state index in [4.69, 9.17) is 9.47 Å². The minimum atomic E-state index is -0.767. The monoisotopic (exact) mass is 368 g/mol. The Morgan fingerprint density at radius 2 is 1.67 bits per heavy atom. The first-order valence-corrected chi connectivity index (χ1v) is 8.09. The number of esters is 2. The Kier molecular flexibility index (Phi) is 5.03. The molecule has 3 rings (SSSR count). The Morgan fingerprint density at radius 3 is 2.30 bits per heavy atom. The van der Waals surface area contributed by atoms with E-state index in [9.17, 15) is 14.0 Å². The number of aromatic nitrogens is 2. The first-order valence-electron chi connectivity index (χ1n) is 8.09. The predicted molar refractivity (Wildman–Crippen MR) is 96.4 cm³/mol. The quantitative estimate of drug-likeness (QED) is 0.659. The van der Waals surface area contributed by atoms with Crippen molar-refractivity contribution in [2.24, 2.45) is 0 Å². The van der Waals surface area contributed by atoms with Crippen molar-refractivity contribution in [3.63, 3.8) is 0 Å². The molecule has 2 aromatic carbocycles. The van der Waals surface area contributed by atoms with E-state index in [1.807, 2.05) is 6.07 Å². The van der Waals surface area contributed by atoms with Crippen molar-refractivity contribution in [2.75, 3.05) is 14.2 Å². The van der Waals surface area contributed by atoms with Crippen LogP contribution in [-0.2, 0) is 9.47 Å². The summed E-state index contributed by atoms with van der Waals surface area (Å²) in [5.74, 6) is -2.01. The van der Waals surface area contributed by atoms with E-state index in [0.29, 0.717) is 16.8 Å². The highest BCUT2D eigenvalue weighted by atomic mass is 19.1. The predicted octanol–water partition coefficient (Wildman–Crippen LogP) is 3.56. The molecular weight excluding hydrogens is 351 g/mol. The van der Waals surface area contributed by atoms with E-state index in [1.54, 1.807) is 37.3 Å². The number of nitrogens with zero attached hydrogens (tertiary/aromatic N) is 2. The molecule has 27 heavy (non-hydrogen) atoms. The Hall–Kier alpha value is -3.48. The van der Waals surface area contributed by atoms with E-state index in [2.05, 4.69) is 5.10 Å². The van der Waals surface area contributed by atoms with Gasteiger partial charge in [-0.15, -0.1) is 0 Å². The fraction of sp³-hybridized carbons (Fsp3) is 0.150. The molecule has 0 amide bonds. The highest BCUT2D eigenvalue weighted by molar-refractivity contribution is 6.07. The van der Waals surface area contributed by atoms with Gasteiger partial charge in [-0.1, -0.05) is 24.3 Å². The zero-order valence-electron chi connectivity index (χ0n) is 15.0. The van der Waals surface area contributed by atoms with Crippen LogP contribution in [0.1, 0.15) is 26.4 Å². The molecule has 0 N–H and O–H groups in total. The second-order valence-electron chi connectivity index (χ2n) is 5.76. The smallest absolute Gasteiger partial charge is 0.357 e. The SMILES string of the molecule is COC(=O)c1c(-c2cc(F)ccc2C)nn(-c2ccccc2)c1C(=O)OC. The minimum absolute atomic E-state index is 0.0816. The van der Waals surface area contributed by atoms with Gasteiger partial charge in [0.15, 0.2) is 5.69 Å². The summed E-state index contributed by atoms with van der Waals surface area (Å²) in [7, 11) is 2.41. The molecule has 0 bridgehead atoms. The van der Waals surface area contributed by atoms with Crippen molar-refractivity contribution < 1.29 is 23.5 Å². The summed E-state index contributed by atoms with van der Waals surface area (Å²) < 4.78 is 24.9. The molecule has 0 aliphatic carbocycles. The van der Waals surface area contributed by atoms with Crippen LogP contribution in [0.3, 0.4) is 0 Å². The molecule has 7 heteroatoms. The van der Waals surface area contributed by atoms with Crippen LogP contribution in [0.25, 0.3) is 16.9 Å². The van der Waals surface area contributed by atoms with E-state index in [1.165, 1.54) is 31.0 Å². The van der Waals surface area contributed by atoms with Gasteiger partial charge >= 0.3 is 11.9 Å². The average molecular weight is 368 g/mol. The zero-order chi connectivity index (χ0) is 19.6. The van der Waals surface area contributed by atoms with Gasteiger partial charge in [-0.25, -0.2) is 18.7 Å². The number of hydrogen-bond donors (Lipinski definition) is 0. The summed E-state index contributed by atoms with van der Waals surface area (Å²) in [6.45, 7) is 1.76. The van der Waals surface area contributed by atoms with Gasteiger partial charge in [0.25, 0.3) is 0 Å². The van der Waals surface area contributed by atoms with Crippen LogP contribution >= 0.6 is 0 Å². The summed E-state index contributed by atoms with van der Waals surface area (Å²) >= 11 is 0. The van der Waals surface area contributed by atoms with Crippen LogP contribution < -0.4 is 0 Å². The number of halogens is 1. The number of rotatable bonds is 4. The van der Waals surface area contributed by atoms with Crippen LogP contribution in [-0.4, -0.2) is 35.9 Å². The highest BCUT2D eigenvalue weighted by Gasteiger charge is 2.31. The molecule has 0 atom stereocenters. The first-order chi connectivity index (χ1) is 13.0. The summed E-state index contributed by atoms with van der Waals surface area (Å²) in [5, 5.41) is 4.44. The summed E-state index contributed by atoms with van der Waals surface area (Å²) in [4.78, 5) is 25.0. The molecule has 0 aliphatic heterocycles. The molecule has 3 aromatic rings. The standard InChI is InChI=1S/C20H17FN2O4/c1-12-9-10-13(21)11-15(12)17-16(19(24)26-2)18(20(25)27-3)23(22-17)14-7-5-4-6-8-14/h4-11H,1-3H3. The molecule has 0 radical (unpaired) electrons. The molecule has 0 spiro atoms. The number of hydrogen-bond acceptors (Lipinski definition) is 5. The number of aryl methyl sites for hydroxylation is 1. The largest absolute Gasteiger partial charge is 0.465 e. The molecule has 0 fully saturated rings. The third kappa shape index (κ3) is 3.31. The van der Waals surface area contributed by atoms with Crippen LogP contribution in [0.5, 0.6) is 0 Å². The van der Waals surface area contributed by atoms with Gasteiger partial charge in [0, 0.05) is 5.56 Å². The second-order valence-corrected chi connectivity index (χ2v) is 5.76. The van der Waals surface area contributed by atoms with Gasteiger partial charge in [-0.2, -0.15) is 5.10 Å². The fourth-order valence-electron chi connectivity index (χ4n) is 2.79. The van der Waals surface area contributed by atoms with Gasteiger partial charge in [-0.3, -0.25) is 0 Å². The normalized spacial score (nSPS) is 10.5. The van der Waals surface area contributed by atoms with Crippen molar-refractivity contribution >= 4 is 11.9 Å². The van der Waals surface area contributed by atoms with Crippen molar-refractivity contribution in [1.29, 1.82) is 0 Å². The van der Waals surface area contributed by atoms with Gasteiger partial charge in [0.05, 0.1) is 19.9 Å². The van der Waals surface area contributed by atoms with Crippen LogP contribution in [0.2, 0.25) is 0 Å². The number of carbonyl (C=O) groups is 2. The minimum Gasteiger partial charge on any atom is -0.465 e. The van der Waals surface area contributed by atoms with Gasteiger partial charge in [-0.05, 0) is 36.8 Å². The lowest BCUT2D eigenvalue weighted by Crippen LogP contribution is -2.15. The third-order valence-electron chi connectivity index (χ3n) is 4.11. The first kappa shape index (κ1) is 18.3. The Balaban J connectivity index is 2.40. The zero-order valence-corrected chi connectivity index (χ0v) is 15.0. The van der Waals surface area contributed by atoms with Crippen LogP contribution in [0, 0.1) is 12.7 Å². The molecule has 138 valence electrons. The van der Waals surface area contributed by atoms with E-state index in [-0.39, 0.29) is 17.0 Å². The molecule has 0 unspecified atom stereocenters. The molecule has 6 nitrogen and oxygen atoms in total. The van der Waals surface area contributed by atoms with Crippen LogP contribution in [0.4, 0.5) is 4.39 Å².